The number of nitrogens with zero attached hydrogens (tertiary/aromatic N) is 3. The highest BCUT2D eigenvalue weighted by molar-refractivity contribution is 5.92. The smallest absolute Gasteiger partial charge is 0.273 e. The molecule has 4 atom stereocenters. The number of fused-ring (bicyclic) bond motifs is 2. The fourth-order valence-corrected chi connectivity index (χ4v) is 5.85. The number of piperidine rings is 2. The van der Waals surface area contributed by atoms with Crippen LogP contribution < -0.4 is 5.32 Å². The van der Waals surface area contributed by atoms with Crippen LogP contribution in [0.3, 0.4) is 0 Å². The van der Waals surface area contributed by atoms with E-state index in [0.29, 0.717) is 29.6 Å². The number of aromatic nitrogens is 1. The van der Waals surface area contributed by atoms with E-state index in [1.165, 1.54) is 32.2 Å². The van der Waals surface area contributed by atoms with Crippen molar-refractivity contribution < 1.29 is 14.4 Å². The molecule has 2 bridgehead atoms. The van der Waals surface area contributed by atoms with Crippen LogP contribution in [0.1, 0.15) is 73.5 Å². The number of likely N-dealkylation sites (tertiary alicyclic amines) is 1. The first-order valence-electron chi connectivity index (χ1n) is 11.6. The maximum Gasteiger partial charge on any atom is 0.273 e. The second-order valence-corrected chi connectivity index (χ2v) is 9.64. The van der Waals surface area contributed by atoms with E-state index in [-0.39, 0.29) is 18.6 Å². The van der Waals surface area contributed by atoms with Crippen LogP contribution in [0.4, 0.5) is 0 Å². The Kier molecular flexibility index (Phi) is 5.63. The highest BCUT2D eigenvalue weighted by atomic mass is 16.5. The summed E-state index contributed by atoms with van der Waals surface area (Å²) in [4.78, 5) is 17.8. The molecule has 1 aliphatic carbocycles. The zero-order valence-corrected chi connectivity index (χ0v) is 17.3. The van der Waals surface area contributed by atoms with Crippen LogP contribution in [0.15, 0.2) is 10.6 Å². The van der Waals surface area contributed by atoms with E-state index < -0.39 is 0 Å². The molecule has 1 unspecified atom stereocenters. The molecular weight excluding hydrogens is 368 g/mol. The zero-order valence-electron chi connectivity index (χ0n) is 17.3. The van der Waals surface area contributed by atoms with Crippen LogP contribution in [0.25, 0.3) is 0 Å². The lowest BCUT2D eigenvalue weighted by molar-refractivity contribution is 0.0618. The van der Waals surface area contributed by atoms with Gasteiger partial charge in [-0.3, -0.25) is 9.69 Å². The van der Waals surface area contributed by atoms with Gasteiger partial charge in [0.05, 0.1) is 6.61 Å². The van der Waals surface area contributed by atoms with E-state index in [9.17, 15) is 9.90 Å². The van der Waals surface area contributed by atoms with Crippen molar-refractivity contribution in [2.24, 2.45) is 5.92 Å². The topological polar surface area (TPSA) is 81.8 Å². The molecule has 160 valence electrons. The number of carbonyl (C=O) groups excluding carboxylic acids is 1. The number of aliphatic hydroxyl groups excluding tert-OH is 1. The number of β-amino-alcohol motifs (C(OH)–C–C–N with tert-alkyl or cyclic N) is 1. The van der Waals surface area contributed by atoms with Crippen molar-refractivity contribution in [2.75, 3.05) is 32.8 Å². The Balaban J connectivity index is 1.14. The summed E-state index contributed by atoms with van der Waals surface area (Å²) in [6.45, 7) is 4.49. The highest BCUT2D eigenvalue weighted by Crippen LogP contribution is 2.40. The predicted molar refractivity (Wildman–Crippen MR) is 109 cm³/mol. The number of aliphatic hydroxyl groups is 1. The lowest BCUT2D eigenvalue weighted by Crippen LogP contribution is -2.52. The quantitative estimate of drug-likeness (QED) is 0.726. The molecule has 0 spiro atoms. The first-order valence-corrected chi connectivity index (χ1v) is 11.6. The van der Waals surface area contributed by atoms with Crippen molar-refractivity contribution in [3.05, 3.63) is 17.5 Å². The molecule has 0 aromatic carbocycles. The van der Waals surface area contributed by atoms with Crippen molar-refractivity contribution in [1.29, 1.82) is 0 Å². The third-order valence-electron chi connectivity index (χ3n) is 7.45. The Morgan fingerprint density at radius 3 is 2.72 bits per heavy atom. The van der Waals surface area contributed by atoms with Crippen LogP contribution in [-0.2, 0) is 0 Å². The Bertz CT molecular complexity index is 703. The van der Waals surface area contributed by atoms with E-state index in [0.717, 1.165) is 51.1 Å². The van der Waals surface area contributed by atoms with Crippen LogP contribution in [0.2, 0.25) is 0 Å². The number of nitrogens with one attached hydrogen (secondary N) is 1. The number of rotatable bonds is 7. The number of carbonyl (C=O) groups is 1. The monoisotopic (exact) mass is 402 g/mol. The van der Waals surface area contributed by atoms with Gasteiger partial charge in [-0.2, -0.15) is 0 Å². The molecule has 3 aliphatic heterocycles. The van der Waals surface area contributed by atoms with Crippen LogP contribution in [0.5, 0.6) is 0 Å². The van der Waals surface area contributed by atoms with Gasteiger partial charge in [-0.1, -0.05) is 5.16 Å². The van der Waals surface area contributed by atoms with E-state index in [1.54, 1.807) is 0 Å². The van der Waals surface area contributed by atoms with Crippen LogP contribution >= 0.6 is 0 Å². The van der Waals surface area contributed by atoms with Crippen molar-refractivity contribution >= 4 is 5.91 Å². The van der Waals surface area contributed by atoms with Gasteiger partial charge in [0.2, 0.25) is 0 Å². The first-order chi connectivity index (χ1) is 14.2. The molecule has 1 aromatic rings. The molecule has 4 aliphatic rings. The van der Waals surface area contributed by atoms with Crippen LogP contribution in [0, 0.1) is 5.92 Å². The molecule has 4 fully saturated rings. The van der Waals surface area contributed by atoms with Crippen molar-refractivity contribution in [3.63, 3.8) is 0 Å². The lowest BCUT2D eigenvalue weighted by Gasteiger charge is -2.42. The SMILES string of the molecule is O=C(NC1C[C@H]2CC[C@@H](C1)N2C[C@H]1CCCN(CCO)C1)c1cc(C2CC2)on1. The summed E-state index contributed by atoms with van der Waals surface area (Å²) in [7, 11) is 0. The fraction of sp³-hybridized carbons (Fsp3) is 0.818. The van der Waals surface area contributed by atoms with Gasteiger partial charge in [0.25, 0.3) is 5.91 Å². The summed E-state index contributed by atoms with van der Waals surface area (Å²) >= 11 is 0. The minimum atomic E-state index is -0.0783. The van der Waals surface area contributed by atoms with Gasteiger partial charge in [0.1, 0.15) is 5.76 Å². The number of amides is 1. The summed E-state index contributed by atoms with van der Waals surface area (Å²) in [5, 5.41) is 16.5. The summed E-state index contributed by atoms with van der Waals surface area (Å²) < 4.78 is 5.34. The minimum absolute atomic E-state index is 0.0783. The largest absolute Gasteiger partial charge is 0.395 e. The third kappa shape index (κ3) is 4.37. The normalized spacial score (nSPS) is 33.1. The van der Waals surface area contributed by atoms with Gasteiger partial charge in [0, 0.05) is 49.7 Å². The third-order valence-corrected chi connectivity index (χ3v) is 7.45. The molecule has 7 nitrogen and oxygen atoms in total. The molecular formula is C22H34N4O3. The first kappa shape index (κ1) is 19.5. The Morgan fingerprint density at radius 2 is 2.00 bits per heavy atom. The maximum absolute atomic E-state index is 12.6. The molecule has 5 rings (SSSR count). The van der Waals surface area contributed by atoms with Gasteiger partial charge in [-0.15, -0.1) is 0 Å². The van der Waals surface area contributed by atoms with Crippen LogP contribution in [-0.4, -0.2) is 76.9 Å². The van der Waals surface area contributed by atoms with E-state index in [2.05, 4.69) is 20.3 Å². The average molecular weight is 403 g/mol. The second-order valence-electron chi connectivity index (χ2n) is 9.64. The van der Waals surface area contributed by atoms with E-state index in [1.807, 2.05) is 6.07 Å². The van der Waals surface area contributed by atoms with Crippen molar-refractivity contribution in [1.82, 2.24) is 20.3 Å². The molecule has 3 saturated heterocycles. The molecule has 1 aromatic heterocycles. The van der Waals surface area contributed by atoms with Gasteiger partial charge in [0.15, 0.2) is 5.69 Å². The summed E-state index contributed by atoms with van der Waals surface area (Å²) in [5.41, 5.74) is 0.438. The zero-order chi connectivity index (χ0) is 19.8. The van der Waals surface area contributed by atoms with Gasteiger partial charge < -0.3 is 19.8 Å². The van der Waals surface area contributed by atoms with Gasteiger partial charge in [-0.05, 0) is 63.8 Å². The number of hydrogen-bond acceptors (Lipinski definition) is 6. The molecule has 0 radical (unpaired) electrons. The Morgan fingerprint density at radius 1 is 1.21 bits per heavy atom. The molecule has 2 N–H and O–H groups in total. The van der Waals surface area contributed by atoms with Crippen molar-refractivity contribution in [2.45, 2.75) is 75.4 Å². The highest BCUT2D eigenvalue weighted by Gasteiger charge is 2.42. The van der Waals surface area contributed by atoms with E-state index >= 15 is 0 Å². The Hall–Kier alpha value is -1.44. The molecule has 1 amide bonds. The summed E-state index contributed by atoms with van der Waals surface area (Å²) in [6.07, 6.45) is 9.43. The summed E-state index contributed by atoms with van der Waals surface area (Å²) in [6, 6.07) is 3.26. The fourth-order valence-electron chi connectivity index (χ4n) is 5.85. The number of hydrogen-bond donors (Lipinski definition) is 2. The maximum atomic E-state index is 12.6. The standard InChI is InChI=1S/C22H34N4O3/c27-9-8-25-7-1-2-15(13-25)14-26-18-5-6-19(26)11-17(10-18)23-22(28)20-12-21(29-24-20)16-3-4-16/h12,15-19,27H,1-11,13-14H2,(H,23,28)/t15-,17?,18-,19+/m0/s1. The van der Waals surface area contributed by atoms with Crippen molar-refractivity contribution in [3.8, 4) is 0 Å². The average Bonchev–Trinajstić information content (AvgIpc) is 3.40. The van der Waals surface area contributed by atoms with Gasteiger partial charge >= 0.3 is 0 Å². The summed E-state index contributed by atoms with van der Waals surface area (Å²) in [5.74, 6) is 1.98. The molecule has 1 saturated carbocycles. The van der Waals surface area contributed by atoms with E-state index in [4.69, 9.17) is 4.52 Å². The molecule has 4 heterocycles. The molecule has 29 heavy (non-hydrogen) atoms. The predicted octanol–water partition coefficient (Wildman–Crippen LogP) is 1.98. The Labute approximate surface area is 172 Å². The minimum Gasteiger partial charge on any atom is -0.395 e. The lowest BCUT2D eigenvalue weighted by atomic mass is 9.92. The van der Waals surface area contributed by atoms with Gasteiger partial charge in [-0.25, -0.2) is 0 Å². The molecule has 7 heteroatoms. The second kappa shape index (κ2) is 8.36.